The maximum Gasteiger partial charge on any atom is 0.254 e. The fourth-order valence-electron chi connectivity index (χ4n) is 3.31. The standard InChI is InChI=1S/C19H23BrFN3O5S/c1-11-7-16(23-30(28,29)19(5-6-19)9-13(26)10-25)17(24(2)18(11)27)22-15-4-3-12(20)8-14(15)21/h3-4,7-8,13,22-23,25-26H,5-6,9-10H2,1-2H3/t13-/m0/s1. The van der Waals surface area contributed by atoms with Crippen molar-refractivity contribution in [1.29, 1.82) is 0 Å². The smallest absolute Gasteiger partial charge is 0.254 e. The third-order valence-electron chi connectivity index (χ3n) is 5.22. The lowest BCUT2D eigenvalue weighted by atomic mass is 10.2. The molecule has 3 rings (SSSR count). The van der Waals surface area contributed by atoms with Crippen LogP contribution in [0.15, 0.2) is 33.5 Å². The second-order valence-electron chi connectivity index (χ2n) is 7.53. The molecule has 11 heteroatoms. The first-order valence-electron chi connectivity index (χ1n) is 9.24. The van der Waals surface area contributed by atoms with Crippen LogP contribution >= 0.6 is 15.9 Å². The number of aliphatic hydroxyl groups excluding tert-OH is 2. The minimum atomic E-state index is -3.96. The van der Waals surface area contributed by atoms with Gasteiger partial charge in [0.25, 0.3) is 5.56 Å². The van der Waals surface area contributed by atoms with Crippen molar-refractivity contribution in [1.82, 2.24) is 4.57 Å². The zero-order valence-corrected chi connectivity index (χ0v) is 18.8. The van der Waals surface area contributed by atoms with Gasteiger partial charge in [-0.3, -0.25) is 14.1 Å². The molecule has 0 amide bonds. The Balaban J connectivity index is 2.01. The van der Waals surface area contributed by atoms with Gasteiger partial charge in [0.2, 0.25) is 10.0 Å². The third kappa shape index (κ3) is 4.39. The summed E-state index contributed by atoms with van der Waals surface area (Å²) >= 11 is 3.17. The Hall–Kier alpha value is -1.95. The number of rotatable bonds is 8. The van der Waals surface area contributed by atoms with Gasteiger partial charge in [-0.25, -0.2) is 12.8 Å². The zero-order chi connectivity index (χ0) is 22.3. The van der Waals surface area contributed by atoms with E-state index in [1.54, 1.807) is 13.0 Å². The number of anilines is 3. The van der Waals surface area contributed by atoms with Crippen LogP contribution in [0.4, 0.5) is 21.6 Å². The number of aryl methyl sites for hydroxylation is 1. The number of hydrogen-bond donors (Lipinski definition) is 4. The van der Waals surface area contributed by atoms with Crippen LogP contribution in [0.2, 0.25) is 0 Å². The number of aliphatic hydroxyl groups is 2. The number of benzene rings is 1. The largest absolute Gasteiger partial charge is 0.394 e. The van der Waals surface area contributed by atoms with Crippen LogP contribution in [-0.4, -0.2) is 40.7 Å². The van der Waals surface area contributed by atoms with Crippen LogP contribution in [0.5, 0.6) is 0 Å². The topological polar surface area (TPSA) is 121 Å². The van der Waals surface area contributed by atoms with E-state index in [0.29, 0.717) is 22.9 Å². The number of hydrogen-bond acceptors (Lipinski definition) is 6. The van der Waals surface area contributed by atoms with E-state index < -0.39 is 33.3 Å². The highest BCUT2D eigenvalue weighted by Gasteiger charge is 2.55. The van der Waals surface area contributed by atoms with Gasteiger partial charge < -0.3 is 15.5 Å². The number of nitrogens with zero attached hydrogens (tertiary/aromatic N) is 1. The fourth-order valence-corrected chi connectivity index (χ4v) is 5.36. The van der Waals surface area contributed by atoms with Crippen molar-refractivity contribution in [3.05, 3.63) is 50.5 Å². The molecule has 0 bridgehead atoms. The van der Waals surface area contributed by atoms with Crippen LogP contribution in [0.25, 0.3) is 0 Å². The van der Waals surface area contributed by atoms with Crippen molar-refractivity contribution in [3.63, 3.8) is 0 Å². The van der Waals surface area contributed by atoms with E-state index in [0.717, 1.165) is 0 Å². The molecule has 1 aliphatic rings. The molecule has 0 aliphatic heterocycles. The molecule has 0 saturated heterocycles. The van der Waals surface area contributed by atoms with Gasteiger partial charge in [0.15, 0.2) is 0 Å². The first-order chi connectivity index (χ1) is 14.0. The molecular weight excluding hydrogens is 481 g/mol. The van der Waals surface area contributed by atoms with E-state index in [9.17, 15) is 22.7 Å². The normalized spacial score (nSPS) is 16.2. The van der Waals surface area contributed by atoms with E-state index in [1.807, 2.05) is 0 Å². The molecule has 30 heavy (non-hydrogen) atoms. The van der Waals surface area contributed by atoms with Crippen LogP contribution in [-0.2, 0) is 17.1 Å². The van der Waals surface area contributed by atoms with Crippen LogP contribution in [0, 0.1) is 12.7 Å². The molecule has 8 nitrogen and oxygen atoms in total. The van der Waals surface area contributed by atoms with E-state index in [1.165, 1.54) is 29.8 Å². The predicted molar refractivity (Wildman–Crippen MR) is 116 cm³/mol. The molecule has 1 saturated carbocycles. The van der Waals surface area contributed by atoms with Crippen molar-refractivity contribution in [2.45, 2.75) is 37.0 Å². The van der Waals surface area contributed by atoms with Crippen molar-refractivity contribution in [2.24, 2.45) is 7.05 Å². The zero-order valence-electron chi connectivity index (χ0n) is 16.4. The highest BCUT2D eigenvalue weighted by Crippen LogP contribution is 2.48. The molecule has 0 radical (unpaired) electrons. The van der Waals surface area contributed by atoms with Gasteiger partial charge in [0, 0.05) is 17.1 Å². The maximum absolute atomic E-state index is 14.3. The van der Waals surface area contributed by atoms with Crippen LogP contribution in [0.3, 0.4) is 0 Å². The van der Waals surface area contributed by atoms with Gasteiger partial charge in [-0.05, 0) is 50.5 Å². The Labute approximate surface area is 181 Å². The highest BCUT2D eigenvalue weighted by atomic mass is 79.9. The second kappa shape index (κ2) is 8.29. The SMILES string of the molecule is Cc1cc(NS(=O)(=O)C2(C[C@H](O)CO)CC2)c(Nc2ccc(Br)cc2F)n(C)c1=O. The molecule has 0 unspecified atom stereocenters. The summed E-state index contributed by atoms with van der Waals surface area (Å²) < 4.78 is 43.5. The molecule has 1 fully saturated rings. The summed E-state index contributed by atoms with van der Waals surface area (Å²) in [6.45, 7) is 1.01. The average molecular weight is 504 g/mol. The van der Waals surface area contributed by atoms with Gasteiger partial charge in [-0.15, -0.1) is 0 Å². The Bertz CT molecular complexity index is 1130. The number of sulfonamides is 1. The third-order valence-corrected chi connectivity index (χ3v) is 7.91. The van der Waals surface area contributed by atoms with E-state index in [4.69, 9.17) is 5.11 Å². The van der Waals surface area contributed by atoms with Crippen LogP contribution < -0.4 is 15.6 Å². The molecule has 164 valence electrons. The van der Waals surface area contributed by atoms with E-state index in [2.05, 4.69) is 26.0 Å². The van der Waals surface area contributed by atoms with Gasteiger partial charge in [0.05, 0.1) is 28.8 Å². The molecule has 1 atom stereocenters. The van der Waals surface area contributed by atoms with Gasteiger partial charge >= 0.3 is 0 Å². The average Bonchev–Trinajstić information content (AvgIpc) is 3.45. The molecule has 1 aliphatic carbocycles. The van der Waals surface area contributed by atoms with Gasteiger partial charge in [-0.2, -0.15) is 0 Å². The minimum absolute atomic E-state index is 0.0642. The van der Waals surface area contributed by atoms with Crippen molar-refractivity contribution >= 4 is 43.1 Å². The lowest BCUT2D eigenvalue weighted by Crippen LogP contribution is -2.35. The lowest BCUT2D eigenvalue weighted by molar-refractivity contribution is 0.0858. The first kappa shape index (κ1) is 22.7. The molecule has 4 N–H and O–H groups in total. The van der Waals surface area contributed by atoms with Crippen molar-refractivity contribution in [3.8, 4) is 0 Å². The molecule has 0 spiro atoms. The summed E-state index contributed by atoms with van der Waals surface area (Å²) in [6.07, 6.45) is -0.573. The van der Waals surface area contributed by atoms with Crippen molar-refractivity contribution in [2.75, 3.05) is 16.6 Å². The van der Waals surface area contributed by atoms with Crippen molar-refractivity contribution < 1.29 is 23.0 Å². The predicted octanol–water partition coefficient (Wildman–Crippen LogP) is 2.36. The summed E-state index contributed by atoms with van der Waals surface area (Å²) in [5.74, 6) is -0.509. The van der Waals surface area contributed by atoms with E-state index >= 15 is 0 Å². The highest BCUT2D eigenvalue weighted by molar-refractivity contribution is 9.10. The first-order valence-corrected chi connectivity index (χ1v) is 11.5. The van der Waals surface area contributed by atoms with Crippen LogP contribution in [0.1, 0.15) is 24.8 Å². The molecule has 1 heterocycles. The Morgan fingerprint density at radius 2 is 1.97 bits per heavy atom. The summed E-state index contributed by atoms with van der Waals surface area (Å²) in [4.78, 5) is 12.4. The Morgan fingerprint density at radius 3 is 2.53 bits per heavy atom. The minimum Gasteiger partial charge on any atom is -0.394 e. The summed E-state index contributed by atoms with van der Waals surface area (Å²) in [7, 11) is -2.51. The lowest BCUT2D eigenvalue weighted by Gasteiger charge is -2.23. The van der Waals surface area contributed by atoms with E-state index in [-0.39, 0.29) is 29.2 Å². The monoisotopic (exact) mass is 503 g/mol. The Kier molecular flexibility index (Phi) is 6.28. The van der Waals surface area contributed by atoms with Gasteiger partial charge in [0.1, 0.15) is 11.6 Å². The van der Waals surface area contributed by atoms with Gasteiger partial charge in [-0.1, -0.05) is 15.9 Å². The summed E-state index contributed by atoms with van der Waals surface area (Å²) in [6, 6.07) is 5.70. The summed E-state index contributed by atoms with van der Waals surface area (Å²) in [5.41, 5.74) is 0.0862. The molecule has 1 aromatic heterocycles. The quantitative estimate of drug-likeness (QED) is 0.438. The molecule has 2 aromatic rings. The number of halogens is 2. The number of nitrogens with one attached hydrogen (secondary N) is 2. The Morgan fingerprint density at radius 1 is 1.30 bits per heavy atom. The second-order valence-corrected chi connectivity index (χ2v) is 10.5. The summed E-state index contributed by atoms with van der Waals surface area (Å²) in [5, 5.41) is 21.6. The number of aromatic nitrogens is 1. The number of pyridine rings is 1. The fraction of sp³-hybridized carbons (Fsp3) is 0.421. The molecule has 1 aromatic carbocycles. The maximum atomic E-state index is 14.3. The molecular formula is C19H23BrFN3O5S.